The highest BCUT2D eigenvalue weighted by Crippen LogP contribution is 2.50. The van der Waals surface area contributed by atoms with Crippen LogP contribution >= 0.6 is 11.6 Å². The number of aliphatic hydroxyl groups excluding tert-OH is 1. The quantitative estimate of drug-likeness (QED) is 0.409. The van der Waals surface area contributed by atoms with Gasteiger partial charge in [0.1, 0.15) is 11.6 Å². The van der Waals surface area contributed by atoms with E-state index in [-0.39, 0.29) is 34.7 Å². The van der Waals surface area contributed by atoms with Gasteiger partial charge in [-0.1, -0.05) is 50.1 Å². The largest absolute Gasteiger partial charge is 0.484 e. The number of carbonyl (C=O) groups is 2. The van der Waals surface area contributed by atoms with Gasteiger partial charge in [-0.15, -0.1) is 0 Å². The molecule has 1 aromatic carbocycles. The Bertz CT molecular complexity index is 1100. The lowest BCUT2D eigenvalue weighted by Crippen LogP contribution is -2.71. The topological polar surface area (TPSA) is 100 Å². The Labute approximate surface area is 247 Å². The third-order valence-corrected chi connectivity index (χ3v) is 10.9. The van der Waals surface area contributed by atoms with Crippen LogP contribution < -0.4 is 15.5 Å². The Morgan fingerprint density at radius 3 is 2.41 bits per heavy atom. The number of rotatable bonds is 7. The molecule has 6 rings (SSSR count). The van der Waals surface area contributed by atoms with Gasteiger partial charge in [-0.3, -0.25) is 14.4 Å². The standard InChI is InChI=1S/C31H45ClFN3O5/c1-29(21-9-7-5-3-4-6-8-10-21)18-25(41-35-29)28(39)36(2)30-13-15-31(16-14-30,26(37)19-30)34-27(38)20-40-22-11-12-23(32)24(33)17-22/h11-12,17,21,25-26,35,37H,3-10,13-16,18-20H2,1-2H3,(H,34,38)/t25?,26-,29?,30?,31?/m0/s1. The third kappa shape index (κ3) is 6.38. The molecule has 2 bridgehead atoms. The lowest BCUT2D eigenvalue weighted by molar-refractivity contribution is -0.162. The van der Waals surface area contributed by atoms with Crippen LogP contribution in [-0.4, -0.2) is 64.3 Å². The molecule has 0 spiro atoms. The van der Waals surface area contributed by atoms with E-state index in [1.54, 1.807) is 0 Å². The van der Waals surface area contributed by atoms with Gasteiger partial charge in [-0.2, -0.15) is 5.48 Å². The Hall–Kier alpha value is -1.94. The van der Waals surface area contributed by atoms with Gasteiger partial charge in [-0.05, 0) is 69.9 Å². The molecular formula is C31H45ClFN3O5. The number of nitrogens with one attached hydrogen (secondary N) is 2. The minimum Gasteiger partial charge on any atom is -0.484 e. The monoisotopic (exact) mass is 593 g/mol. The second-order valence-electron chi connectivity index (χ2n) is 13.1. The van der Waals surface area contributed by atoms with Crippen LogP contribution in [0.3, 0.4) is 0 Å². The molecule has 2 amide bonds. The summed E-state index contributed by atoms with van der Waals surface area (Å²) in [6, 6.07) is 4.01. The summed E-state index contributed by atoms with van der Waals surface area (Å²) in [7, 11) is 1.84. The molecule has 0 aromatic heterocycles. The predicted octanol–water partition coefficient (Wildman–Crippen LogP) is 5.05. The highest BCUT2D eigenvalue weighted by Gasteiger charge is 2.58. The van der Waals surface area contributed by atoms with E-state index in [0.29, 0.717) is 44.4 Å². The summed E-state index contributed by atoms with van der Waals surface area (Å²) in [4.78, 5) is 34.3. The van der Waals surface area contributed by atoms with Crippen LogP contribution in [0.1, 0.15) is 96.8 Å². The predicted molar refractivity (Wildman–Crippen MR) is 154 cm³/mol. The molecule has 8 nitrogen and oxygen atoms in total. The van der Waals surface area contributed by atoms with Crippen molar-refractivity contribution in [3.63, 3.8) is 0 Å². The Kier molecular flexibility index (Phi) is 9.19. The maximum absolute atomic E-state index is 13.8. The van der Waals surface area contributed by atoms with E-state index >= 15 is 0 Å². The smallest absolute Gasteiger partial charge is 0.258 e. The fraction of sp³-hybridized carbons (Fsp3) is 0.742. The molecule has 41 heavy (non-hydrogen) atoms. The Morgan fingerprint density at radius 2 is 1.78 bits per heavy atom. The van der Waals surface area contributed by atoms with Crippen molar-refractivity contribution in [1.29, 1.82) is 0 Å². The molecule has 1 saturated heterocycles. The molecule has 10 heteroatoms. The van der Waals surface area contributed by atoms with Crippen molar-refractivity contribution >= 4 is 23.4 Å². The second kappa shape index (κ2) is 12.3. The van der Waals surface area contributed by atoms with E-state index in [2.05, 4.69) is 17.7 Å². The zero-order valence-corrected chi connectivity index (χ0v) is 25.1. The number of likely N-dealkylation sites (N-methyl/N-ethyl adjacent to an activating group) is 1. The van der Waals surface area contributed by atoms with Gasteiger partial charge in [0.15, 0.2) is 12.7 Å². The Morgan fingerprint density at radius 1 is 1.12 bits per heavy atom. The van der Waals surface area contributed by atoms with E-state index in [1.807, 2.05) is 11.9 Å². The van der Waals surface area contributed by atoms with Crippen LogP contribution in [-0.2, 0) is 14.4 Å². The summed E-state index contributed by atoms with van der Waals surface area (Å²) < 4.78 is 19.1. The number of fused-ring (bicyclic) bond motifs is 3. The highest BCUT2D eigenvalue weighted by atomic mass is 35.5. The zero-order chi connectivity index (χ0) is 29.3. The fourth-order valence-electron chi connectivity index (χ4n) is 7.75. The van der Waals surface area contributed by atoms with Gasteiger partial charge in [0.05, 0.1) is 16.7 Å². The maximum atomic E-state index is 13.8. The van der Waals surface area contributed by atoms with Crippen molar-refractivity contribution in [3.05, 3.63) is 29.0 Å². The lowest BCUT2D eigenvalue weighted by atomic mass is 9.59. The fourth-order valence-corrected chi connectivity index (χ4v) is 7.86. The van der Waals surface area contributed by atoms with Crippen molar-refractivity contribution in [2.24, 2.45) is 5.92 Å². The second-order valence-corrected chi connectivity index (χ2v) is 13.5. The normalized spacial score (nSPS) is 34.4. The molecule has 4 saturated carbocycles. The Balaban J connectivity index is 1.16. The van der Waals surface area contributed by atoms with Gasteiger partial charge in [-0.25, -0.2) is 4.39 Å². The first-order valence-corrected chi connectivity index (χ1v) is 15.7. The summed E-state index contributed by atoms with van der Waals surface area (Å²) >= 11 is 5.71. The van der Waals surface area contributed by atoms with Gasteiger partial charge in [0.2, 0.25) is 0 Å². The number of nitrogens with zero attached hydrogens (tertiary/aromatic N) is 1. The summed E-state index contributed by atoms with van der Waals surface area (Å²) in [5.74, 6) is -0.352. The number of halogens is 2. The third-order valence-electron chi connectivity index (χ3n) is 10.6. The maximum Gasteiger partial charge on any atom is 0.258 e. The van der Waals surface area contributed by atoms with E-state index in [4.69, 9.17) is 21.2 Å². The summed E-state index contributed by atoms with van der Waals surface area (Å²) in [6.45, 7) is 1.90. The zero-order valence-electron chi connectivity index (χ0n) is 24.4. The van der Waals surface area contributed by atoms with E-state index < -0.39 is 29.1 Å². The number of ether oxygens (including phenoxy) is 1. The number of amides is 2. The van der Waals surface area contributed by atoms with Crippen LogP contribution in [0.2, 0.25) is 5.02 Å². The van der Waals surface area contributed by atoms with Crippen molar-refractivity contribution < 1.29 is 28.7 Å². The first-order valence-electron chi connectivity index (χ1n) is 15.3. The number of hydrogen-bond donors (Lipinski definition) is 3. The van der Waals surface area contributed by atoms with E-state index in [9.17, 15) is 19.1 Å². The highest BCUT2D eigenvalue weighted by molar-refractivity contribution is 6.30. The number of benzene rings is 1. The van der Waals surface area contributed by atoms with Gasteiger partial charge < -0.3 is 20.1 Å². The molecule has 228 valence electrons. The summed E-state index contributed by atoms with van der Waals surface area (Å²) in [6.07, 6.45) is 12.1. The lowest BCUT2D eigenvalue weighted by Gasteiger charge is -2.59. The first kappa shape index (κ1) is 30.5. The number of hydroxylamine groups is 1. The number of carbonyl (C=O) groups excluding carboxylic acids is 2. The average Bonchev–Trinajstić information content (AvgIpc) is 3.42. The van der Waals surface area contributed by atoms with Crippen molar-refractivity contribution in [2.75, 3.05) is 13.7 Å². The molecule has 5 aliphatic rings. The molecule has 1 aliphatic heterocycles. The van der Waals surface area contributed by atoms with Crippen LogP contribution in [0.15, 0.2) is 18.2 Å². The molecule has 1 aromatic rings. The minimum absolute atomic E-state index is 0.0182. The molecule has 4 aliphatic carbocycles. The van der Waals surface area contributed by atoms with E-state index in [1.165, 1.54) is 50.7 Å². The van der Waals surface area contributed by atoms with Crippen molar-refractivity contribution in [1.82, 2.24) is 15.7 Å². The van der Waals surface area contributed by atoms with Gasteiger partial charge in [0.25, 0.3) is 11.8 Å². The molecule has 3 N–H and O–H groups in total. The van der Waals surface area contributed by atoms with Crippen LogP contribution in [0.25, 0.3) is 0 Å². The average molecular weight is 594 g/mol. The van der Waals surface area contributed by atoms with Crippen LogP contribution in [0.5, 0.6) is 5.75 Å². The van der Waals surface area contributed by atoms with Crippen LogP contribution in [0.4, 0.5) is 4.39 Å². The molecule has 5 fully saturated rings. The van der Waals surface area contributed by atoms with E-state index in [0.717, 1.165) is 18.9 Å². The molecule has 1 heterocycles. The minimum atomic E-state index is -0.802. The van der Waals surface area contributed by atoms with Crippen molar-refractivity contribution in [2.45, 2.75) is 126 Å². The van der Waals surface area contributed by atoms with Gasteiger partial charge in [0, 0.05) is 30.6 Å². The molecule has 0 radical (unpaired) electrons. The van der Waals surface area contributed by atoms with Crippen molar-refractivity contribution in [3.8, 4) is 5.75 Å². The molecular weight excluding hydrogens is 549 g/mol. The molecule has 3 atom stereocenters. The number of hydrogen-bond acceptors (Lipinski definition) is 6. The summed E-state index contributed by atoms with van der Waals surface area (Å²) in [5.41, 5.74) is 1.82. The first-order chi connectivity index (χ1) is 19.6. The molecule has 2 unspecified atom stereocenters. The van der Waals surface area contributed by atoms with Crippen LogP contribution in [0, 0.1) is 11.7 Å². The number of aliphatic hydroxyl groups is 1. The van der Waals surface area contributed by atoms with Gasteiger partial charge >= 0.3 is 0 Å². The summed E-state index contributed by atoms with van der Waals surface area (Å²) in [5, 5.41) is 14.2. The SMILES string of the molecule is CN(C(=O)C1CC(C)(C2CCCCCCCC2)NO1)C12CCC(NC(=O)COc3ccc(Cl)c(F)c3)(CC1)[C@@H](O)C2.